The highest BCUT2D eigenvalue weighted by Gasteiger charge is 2.23. The van der Waals surface area contributed by atoms with E-state index in [-0.39, 0.29) is 16.6 Å². The topological polar surface area (TPSA) is 64.5 Å². The fraction of sp³-hybridized carbons (Fsp3) is 0.261. The first-order chi connectivity index (χ1) is 15.4. The summed E-state index contributed by atoms with van der Waals surface area (Å²) in [4.78, 5) is 8.02. The fourth-order valence-corrected chi connectivity index (χ4v) is 5.44. The minimum Gasteiger partial charge on any atom is -0.478 e. The number of halogens is 3. The van der Waals surface area contributed by atoms with Crippen molar-refractivity contribution in [3.8, 4) is 16.9 Å². The number of nitrogen functional groups attached to an aromatic ring is 1. The summed E-state index contributed by atoms with van der Waals surface area (Å²) in [6, 6.07) is 4.84. The molecule has 4 heterocycles. The average Bonchev–Trinajstić information content (AvgIpc) is 3.37. The normalized spacial score (nSPS) is 15.1. The number of ether oxygens (including phenoxy) is 1. The van der Waals surface area contributed by atoms with Gasteiger partial charge >= 0.3 is 0 Å². The van der Waals surface area contributed by atoms with E-state index in [9.17, 15) is 4.39 Å². The highest BCUT2D eigenvalue weighted by atomic mass is 35.5. The zero-order chi connectivity index (χ0) is 22.4. The molecule has 166 valence electrons. The maximum absolute atomic E-state index is 14.0. The summed E-state index contributed by atoms with van der Waals surface area (Å²) in [6.07, 6.45) is 3.94. The second-order valence-electron chi connectivity index (χ2n) is 7.81. The molecule has 2 N–H and O–H groups in total. The zero-order valence-electron chi connectivity index (χ0n) is 17.2. The van der Waals surface area contributed by atoms with E-state index in [0.29, 0.717) is 16.2 Å². The lowest BCUT2D eigenvalue weighted by Crippen LogP contribution is -2.35. The van der Waals surface area contributed by atoms with Crippen LogP contribution < -0.4 is 10.5 Å². The number of hydrogen-bond acceptors (Lipinski definition) is 6. The van der Waals surface area contributed by atoms with Crippen molar-refractivity contribution >= 4 is 51.3 Å². The minimum atomic E-state index is -0.682. The first-order valence-corrected chi connectivity index (χ1v) is 11.8. The first-order valence-electron chi connectivity index (χ1n) is 10.2. The van der Waals surface area contributed by atoms with Gasteiger partial charge in [0.25, 0.3) is 0 Å². The Morgan fingerprint density at radius 3 is 2.91 bits per heavy atom. The van der Waals surface area contributed by atoms with Crippen LogP contribution in [0.3, 0.4) is 0 Å². The summed E-state index contributed by atoms with van der Waals surface area (Å²) in [5, 5.41) is 3.12. The number of rotatable bonds is 6. The van der Waals surface area contributed by atoms with Crippen molar-refractivity contribution in [3.05, 3.63) is 62.3 Å². The summed E-state index contributed by atoms with van der Waals surface area (Å²) in [5.74, 6) is -0.135. The summed E-state index contributed by atoms with van der Waals surface area (Å²) in [7, 11) is 0. The van der Waals surface area contributed by atoms with E-state index >= 15 is 0 Å². The summed E-state index contributed by atoms with van der Waals surface area (Å²) in [5.41, 5.74) is 8.89. The van der Waals surface area contributed by atoms with Gasteiger partial charge in [0.1, 0.15) is 11.9 Å². The van der Waals surface area contributed by atoms with Crippen molar-refractivity contribution in [1.29, 1.82) is 0 Å². The Morgan fingerprint density at radius 1 is 1.34 bits per heavy atom. The van der Waals surface area contributed by atoms with Gasteiger partial charge in [-0.1, -0.05) is 23.2 Å². The summed E-state index contributed by atoms with van der Waals surface area (Å²) >= 11 is 14.1. The molecule has 5 rings (SSSR count). The van der Waals surface area contributed by atoms with Crippen LogP contribution in [0.25, 0.3) is 22.1 Å². The highest BCUT2D eigenvalue weighted by Crippen LogP contribution is 2.42. The number of likely N-dealkylation sites (tertiary alicyclic amines) is 1. The monoisotopic (exact) mass is 491 g/mol. The first kappa shape index (κ1) is 21.5. The van der Waals surface area contributed by atoms with Crippen LogP contribution in [0.4, 0.5) is 10.2 Å². The number of pyridine rings is 1. The predicted octanol–water partition coefficient (Wildman–Crippen LogP) is 6.93. The molecule has 0 unspecified atom stereocenters. The lowest BCUT2D eigenvalue weighted by molar-refractivity contribution is 0.174. The molecule has 0 radical (unpaired) electrons. The SMILES string of the molecule is C[C@@H](Oc1c(N)ncc2c(-c3csc(CN4CCC4)c3)coc12)c1c(Cl)ccc(F)c1Cl. The van der Waals surface area contributed by atoms with Crippen molar-refractivity contribution in [2.24, 2.45) is 0 Å². The van der Waals surface area contributed by atoms with Gasteiger partial charge in [-0.25, -0.2) is 9.37 Å². The fourth-order valence-electron chi connectivity index (χ4n) is 3.83. The molecule has 1 aliphatic heterocycles. The molecule has 0 saturated carbocycles. The van der Waals surface area contributed by atoms with Gasteiger partial charge in [0.2, 0.25) is 5.75 Å². The smallest absolute Gasteiger partial charge is 0.205 e. The number of furan rings is 1. The molecule has 9 heteroatoms. The van der Waals surface area contributed by atoms with Gasteiger partial charge in [0.05, 0.1) is 16.7 Å². The predicted molar refractivity (Wildman–Crippen MR) is 127 cm³/mol. The van der Waals surface area contributed by atoms with Gasteiger partial charge in [-0.3, -0.25) is 4.90 Å². The van der Waals surface area contributed by atoms with E-state index in [1.54, 1.807) is 30.7 Å². The van der Waals surface area contributed by atoms with Crippen molar-refractivity contribution in [3.63, 3.8) is 0 Å². The van der Waals surface area contributed by atoms with E-state index in [1.165, 1.54) is 23.4 Å². The Morgan fingerprint density at radius 2 is 2.16 bits per heavy atom. The molecular formula is C23H20Cl2FN3O2S. The minimum absolute atomic E-state index is 0.0863. The number of aromatic nitrogens is 1. The molecular weight excluding hydrogens is 472 g/mol. The maximum Gasteiger partial charge on any atom is 0.205 e. The van der Waals surface area contributed by atoms with Gasteiger partial charge in [0, 0.05) is 33.8 Å². The number of anilines is 1. The van der Waals surface area contributed by atoms with Crippen molar-refractivity contribution < 1.29 is 13.5 Å². The van der Waals surface area contributed by atoms with Crippen LogP contribution in [0.15, 0.2) is 40.5 Å². The third kappa shape index (κ3) is 3.83. The van der Waals surface area contributed by atoms with E-state index in [2.05, 4.69) is 21.3 Å². The van der Waals surface area contributed by atoms with Crippen LogP contribution >= 0.6 is 34.5 Å². The molecule has 3 aromatic heterocycles. The molecule has 5 nitrogen and oxygen atoms in total. The van der Waals surface area contributed by atoms with Crippen LogP contribution in [0.5, 0.6) is 5.75 Å². The number of nitrogens with zero attached hydrogens (tertiary/aromatic N) is 2. The molecule has 1 saturated heterocycles. The Bertz CT molecular complexity index is 1300. The highest BCUT2D eigenvalue weighted by molar-refractivity contribution is 7.10. The number of thiophene rings is 1. The Hall–Kier alpha value is -2.32. The molecule has 4 aromatic rings. The van der Waals surface area contributed by atoms with Crippen LogP contribution in [0.1, 0.15) is 29.9 Å². The molecule has 32 heavy (non-hydrogen) atoms. The quantitative estimate of drug-likeness (QED) is 0.296. The molecule has 0 spiro atoms. The summed E-state index contributed by atoms with van der Waals surface area (Å²) < 4.78 is 25.9. The van der Waals surface area contributed by atoms with E-state index in [4.69, 9.17) is 38.1 Å². The second-order valence-corrected chi connectivity index (χ2v) is 9.59. The number of hydrogen-bond donors (Lipinski definition) is 1. The van der Waals surface area contributed by atoms with Gasteiger partial charge in [0.15, 0.2) is 11.4 Å². The summed E-state index contributed by atoms with van der Waals surface area (Å²) in [6.45, 7) is 4.99. The van der Waals surface area contributed by atoms with Crippen LogP contribution in [0.2, 0.25) is 10.0 Å². The average molecular weight is 492 g/mol. The number of benzene rings is 1. The van der Waals surface area contributed by atoms with Crippen LogP contribution in [-0.4, -0.2) is 23.0 Å². The van der Waals surface area contributed by atoms with E-state index in [0.717, 1.165) is 36.1 Å². The van der Waals surface area contributed by atoms with Gasteiger partial charge in [-0.15, -0.1) is 11.3 Å². The van der Waals surface area contributed by atoms with Gasteiger partial charge in [-0.2, -0.15) is 0 Å². The standard InChI is InChI=1S/C23H20Cl2FN3O2S/c1-12(19-17(24)3-4-18(26)20(19)25)31-22-21-15(8-28-23(22)27)16(10-30-21)13-7-14(32-11-13)9-29-5-2-6-29/h3-4,7-8,10-12H,2,5-6,9H2,1H3,(H2,27,28)/t12-/m1/s1. The second kappa shape index (κ2) is 8.56. The lowest BCUT2D eigenvalue weighted by atomic mass is 10.1. The maximum atomic E-state index is 14.0. The molecule has 0 amide bonds. The van der Waals surface area contributed by atoms with Gasteiger partial charge < -0.3 is 14.9 Å². The van der Waals surface area contributed by atoms with Crippen molar-refractivity contribution in [2.75, 3.05) is 18.8 Å². The number of nitrogens with two attached hydrogens (primary N) is 1. The largest absolute Gasteiger partial charge is 0.478 e. The molecule has 1 fully saturated rings. The Kier molecular flexibility index (Phi) is 5.75. The Labute approximate surface area is 198 Å². The van der Waals surface area contributed by atoms with E-state index in [1.807, 2.05) is 0 Å². The van der Waals surface area contributed by atoms with Crippen molar-refractivity contribution in [2.45, 2.75) is 26.0 Å². The molecule has 1 aliphatic rings. The third-order valence-electron chi connectivity index (χ3n) is 5.67. The zero-order valence-corrected chi connectivity index (χ0v) is 19.5. The molecule has 1 atom stereocenters. The molecule has 0 aliphatic carbocycles. The van der Waals surface area contributed by atoms with Crippen LogP contribution in [0, 0.1) is 5.82 Å². The molecule has 1 aromatic carbocycles. The Balaban J connectivity index is 1.48. The van der Waals surface area contributed by atoms with Crippen LogP contribution in [-0.2, 0) is 6.54 Å². The van der Waals surface area contributed by atoms with Gasteiger partial charge in [-0.05, 0) is 55.6 Å². The van der Waals surface area contributed by atoms with E-state index < -0.39 is 11.9 Å². The third-order valence-corrected chi connectivity index (χ3v) is 7.31. The molecule has 0 bridgehead atoms. The number of fused-ring (bicyclic) bond motifs is 1. The van der Waals surface area contributed by atoms with Crippen molar-refractivity contribution in [1.82, 2.24) is 9.88 Å². The lowest BCUT2D eigenvalue weighted by Gasteiger charge is -2.29.